The predicted molar refractivity (Wildman–Crippen MR) is 70.6 cm³/mol. The van der Waals surface area contributed by atoms with Crippen LogP contribution >= 0.6 is 0 Å². The molecule has 0 unspecified atom stereocenters. The largest absolute Gasteiger partial charge is 0.348 e. The van der Waals surface area contributed by atoms with Gasteiger partial charge in [0.2, 0.25) is 5.91 Å². The molecule has 0 aliphatic carbocycles. The van der Waals surface area contributed by atoms with Crippen LogP contribution in [0.2, 0.25) is 0 Å². The lowest BCUT2D eigenvalue weighted by molar-refractivity contribution is -0.123. The van der Waals surface area contributed by atoms with Gasteiger partial charge in [-0.25, -0.2) is 0 Å². The molecule has 0 aliphatic heterocycles. The molecule has 0 aromatic heterocycles. The van der Waals surface area contributed by atoms with Gasteiger partial charge in [0, 0.05) is 0 Å². The molecule has 1 amide bonds. The average molecular weight is 234 g/mol. The van der Waals surface area contributed by atoms with Crippen LogP contribution in [0.3, 0.4) is 0 Å². The number of hydrogen-bond donors (Lipinski definition) is 2. The fourth-order valence-electron chi connectivity index (χ4n) is 1.76. The molecular weight excluding hydrogens is 212 g/mol. The first kappa shape index (κ1) is 13.7. The van der Waals surface area contributed by atoms with E-state index in [0.717, 1.165) is 5.56 Å². The summed E-state index contributed by atoms with van der Waals surface area (Å²) in [6, 6.07) is 7.59. The van der Waals surface area contributed by atoms with Crippen molar-refractivity contribution in [3.8, 4) is 0 Å². The summed E-state index contributed by atoms with van der Waals surface area (Å²) in [7, 11) is 0. The molecule has 94 valence electrons. The molecule has 3 nitrogen and oxygen atoms in total. The van der Waals surface area contributed by atoms with E-state index in [1.54, 1.807) is 0 Å². The third-order valence-corrected chi connectivity index (χ3v) is 3.03. The summed E-state index contributed by atoms with van der Waals surface area (Å²) < 4.78 is 0. The number of amides is 1. The quantitative estimate of drug-likeness (QED) is 0.838. The zero-order chi connectivity index (χ0) is 13.0. The van der Waals surface area contributed by atoms with Crippen molar-refractivity contribution < 1.29 is 4.79 Å². The molecule has 1 aromatic carbocycles. The Hall–Kier alpha value is -1.35. The van der Waals surface area contributed by atoms with Gasteiger partial charge in [-0.2, -0.15) is 0 Å². The Labute approximate surface area is 103 Å². The van der Waals surface area contributed by atoms with Gasteiger partial charge < -0.3 is 11.1 Å². The number of carbonyl (C=O) groups excluding carboxylic acids is 1. The summed E-state index contributed by atoms with van der Waals surface area (Å²) in [5.74, 6) is 0.0647. The molecule has 0 saturated carbocycles. The summed E-state index contributed by atoms with van der Waals surface area (Å²) in [6.45, 7) is 7.92. The molecule has 17 heavy (non-hydrogen) atoms. The molecule has 0 aliphatic rings. The lowest BCUT2D eigenvalue weighted by Gasteiger charge is -2.21. The van der Waals surface area contributed by atoms with Crippen molar-refractivity contribution in [2.24, 2.45) is 11.7 Å². The summed E-state index contributed by atoms with van der Waals surface area (Å²) in [5.41, 5.74) is 8.13. The average Bonchev–Trinajstić information content (AvgIpc) is 2.28. The van der Waals surface area contributed by atoms with Crippen LogP contribution in [0, 0.1) is 12.8 Å². The first-order valence-electron chi connectivity index (χ1n) is 6.05. The summed E-state index contributed by atoms with van der Waals surface area (Å²) in [4.78, 5) is 11.8. The molecule has 0 bridgehead atoms. The highest BCUT2D eigenvalue weighted by Gasteiger charge is 2.19. The molecule has 0 heterocycles. The molecule has 0 radical (unpaired) electrons. The third kappa shape index (κ3) is 3.56. The lowest BCUT2D eigenvalue weighted by atomic mass is 10.0. The predicted octanol–water partition coefficient (Wildman–Crippen LogP) is 2.16. The van der Waals surface area contributed by atoms with E-state index in [2.05, 4.69) is 5.32 Å². The molecule has 0 saturated heterocycles. The normalized spacial score (nSPS) is 14.5. The van der Waals surface area contributed by atoms with Crippen LogP contribution in [0.1, 0.15) is 37.9 Å². The van der Waals surface area contributed by atoms with E-state index < -0.39 is 6.04 Å². The standard InChI is InChI=1S/C14H22N2O/c1-9(2)13(15)14(17)16-11(4)12-8-6-5-7-10(12)3/h5-9,11,13H,15H2,1-4H3,(H,16,17)/t11-,13+/m1/s1. The molecule has 0 fully saturated rings. The Balaban J connectivity index is 2.70. The van der Waals surface area contributed by atoms with Crippen molar-refractivity contribution in [3.05, 3.63) is 35.4 Å². The van der Waals surface area contributed by atoms with Crippen LogP contribution in [0.25, 0.3) is 0 Å². The second-order valence-corrected chi connectivity index (χ2v) is 4.86. The molecule has 2 atom stereocenters. The number of carbonyl (C=O) groups is 1. The number of aryl methyl sites for hydroxylation is 1. The Morgan fingerprint density at radius 3 is 2.35 bits per heavy atom. The van der Waals surface area contributed by atoms with Crippen molar-refractivity contribution >= 4 is 5.91 Å². The Morgan fingerprint density at radius 1 is 1.24 bits per heavy atom. The van der Waals surface area contributed by atoms with Crippen molar-refractivity contribution in [1.29, 1.82) is 0 Å². The maximum Gasteiger partial charge on any atom is 0.237 e. The van der Waals surface area contributed by atoms with Crippen molar-refractivity contribution in [3.63, 3.8) is 0 Å². The highest BCUT2D eigenvalue weighted by atomic mass is 16.2. The second kappa shape index (κ2) is 5.82. The smallest absolute Gasteiger partial charge is 0.237 e. The number of benzene rings is 1. The topological polar surface area (TPSA) is 55.1 Å². The molecule has 1 rings (SSSR count). The maximum atomic E-state index is 11.8. The maximum absolute atomic E-state index is 11.8. The van der Waals surface area contributed by atoms with E-state index in [4.69, 9.17) is 5.73 Å². The van der Waals surface area contributed by atoms with Gasteiger partial charge in [0.15, 0.2) is 0 Å². The van der Waals surface area contributed by atoms with Gasteiger partial charge >= 0.3 is 0 Å². The minimum atomic E-state index is -0.443. The van der Waals surface area contributed by atoms with Crippen molar-refractivity contribution in [2.75, 3.05) is 0 Å². The molecule has 1 aromatic rings. The molecule has 3 heteroatoms. The van der Waals surface area contributed by atoms with Gasteiger partial charge in [0.05, 0.1) is 12.1 Å². The van der Waals surface area contributed by atoms with Gasteiger partial charge in [-0.05, 0) is 30.9 Å². The Bertz CT molecular complexity index is 388. The van der Waals surface area contributed by atoms with Crippen LogP contribution in [-0.2, 0) is 4.79 Å². The fourth-order valence-corrected chi connectivity index (χ4v) is 1.76. The zero-order valence-electron chi connectivity index (χ0n) is 11.0. The Kier molecular flexibility index (Phi) is 4.70. The van der Waals surface area contributed by atoms with Crippen molar-refractivity contribution in [1.82, 2.24) is 5.32 Å². The van der Waals surface area contributed by atoms with Crippen LogP contribution in [0.5, 0.6) is 0 Å². The van der Waals surface area contributed by atoms with E-state index in [1.165, 1.54) is 5.56 Å². The first-order valence-corrected chi connectivity index (χ1v) is 6.05. The highest BCUT2D eigenvalue weighted by molar-refractivity contribution is 5.82. The van der Waals surface area contributed by atoms with E-state index in [9.17, 15) is 4.79 Å². The van der Waals surface area contributed by atoms with E-state index >= 15 is 0 Å². The minimum Gasteiger partial charge on any atom is -0.348 e. The van der Waals surface area contributed by atoms with Crippen LogP contribution < -0.4 is 11.1 Å². The lowest BCUT2D eigenvalue weighted by Crippen LogP contribution is -2.44. The summed E-state index contributed by atoms with van der Waals surface area (Å²) in [6.07, 6.45) is 0. The van der Waals surface area contributed by atoms with Gasteiger partial charge in [-0.15, -0.1) is 0 Å². The van der Waals surface area contributed by atoms with Gasteiger partial charge in [-0.1, -0.05) is 38.1 Å². The number of rotatable bonds is 4. The first-order chi connectivity index (χ1) is 7.93. The minimum absolute atomic E-state index is 0.00602. The monoisotopic (exact) mass is 234 g/mol. The molecule has 3 N–H and O–H groups in total. The number of nitrogens with two attached hydrogens (primary N) is 1. The van der Waals surface area contributed by atoms with E-state index in [-0.39, 0.29) is 17.9 Å². The van der Waals surface area contributed by atoms with E-state index in [1.807, 2.05) is 52.0 Å². The number of hydrogen-bond acceptors (Lipinski definition) is 2. The fraction of sp³-hybridized carbons (Fsp3) is 0.500. The third-order valence-electron chi connectivity index (χ3n) is 3.03. The van der Waals surface area contributed by atoms with E-state index in [0.29, 0.717) is 0 Å². The van der Waals surface area contributed by atoms with Gasteiger partial charge in [-0.3, -0.25) is 4.79 Å². The van der Waals surface area contributed by atoms with Gasteiger partial charge in [0.1, 0.15) is 0 Å². The van der Waals surface area contributed by atoms with Crippen LogP contribution in [0.15, 0.2) is 24.3 Å². The SMILES string of the molecule is Cc1ccccc1[C@@H](C)NC(=O)[C@@H](N)C(C)C. The van der Waals surface area contributed by atoms with Gasteiger partial charge in [0.25, 0.3) is 0 Å². The summed E-state index contributed by atoms with van der Waals surface area (Å²) in [5, 5.41) is 2.95. The Morgan fingerprint density at radius 2 is 1.82 bits per heavy atom. The molecular formula is C14H22N2O. The second-order valence-electron chi connectivity index (χ2n) is 4.86. The zero-order valence-corrected chi connectivity index (χ0v) is 11.0. The molecule has 0 spiro atoms. The van der Waals surface area contributed by atoms with Crippen molar-refractivity contribution in [2.45, 2.75) is 39.8 Å². The van der Waals surface area contributed by atoms with Crippen LogP contribution in [-0.4, -0.2) is 11.9 Å². The summed E-state index contributed by atoms with van der Waals surface area (Å²) >= 11 is 0. The highest BCUT2D eigenvalue weighted by Crippen LogP contribution is 2.16. The number of nitrogens with one attached hydrogen (secondary N) is 1. The van der Waals surface area contributed by atoms with Crippen LogP contribution in [0.4, 0.5) is 0 Å².